The highest BCUT2D eigenvalue weighted by Crippen LogP contribution is 2.29. The molecule has 0 saturated carbocycles. The topological polar surface area (TPSA) is 97.3 Å². The molecular weight excluding hydrogens is 318 g/mol. The van der Waals surface area contributed by atoms with Gasteiger partial charge in [0.2, 0.25) is 5.76 Å². The van der Waals surface area contributed by atoms with E-state index in [-0.39, 0.29) is 11.4 Å². The summed E-state index contributed by atoms with van der Waals surface area (Å²) in [5.74, 6) is 0.569. The van der Waals surface area contributed by atoms with Crippen molar-refractivity contribution in [3.63, 3.8) is 0 Å². The van der Waals surface area contributed by atoms with Crippen molar-refractivity contribution in [1.29, 1.82) is 0 Å². The van der Waals surface area contributed by atoms with E-state index >= 15 is 0 Å². The fourth-order valence-electron chi connectivity index (χ4n) is 2.02. The van der Waals surface area contributed by atoms with Gasteiger partial charge in [0, 0.05) is 20.3 Å². The minimum Gasteiger partial charge on any atom is -0.447 e. The van der Waals surface area contributed by atoms with E-state index in [1.807, 2.05) is 19.0 Å². The molecule has 3 aromatic heterocycles. The number of nitrogens with one attached hydrogen (secondary N) is 1. The Bertz CT molecular complexity index is 873. The van der Waals surface area contributed by atoms with Crippen LogP contribution in [0.3, 0.4) is 0 Å². The number of furan rings is 1. The van der Waals surface area contributed by atoms with Crippen LogP contribution in [0, 0.1) is 0 Å². The molecule has 0 fully saturated rings. The number of pyridine rings is 2. The standard InChI is InChI=1S/C15H14ClN5O2/c1-21(2)11-6-4-9-13(20-11)12(17)14(23-9)15(22)19-10-5-3-8(16)7-18-10/h3-7H,17H2,1-2H3,(H,18,19,22). The van der Waals surface area contributed by atoms with Crippen LogP contribution in [0.5, 0.6) is 0 Å². The van der Waals surface area contributed by atoms with Crippen molar-refractivity contribution < 1.29 is 9.21 Å². The van der Waals surface area contributed by atoms with E-state index < -0.39 is 5.91 Å². The zero-order valence-electron chi connectivity index (χ0n) is 12.5. The molecule has 0 unspecified atom stereocenters. The van der Waals surface area contributed by atoms with Crippen LogP contribution in [0.4, 0.5) is 17.3 Å². The molecule has 0 bridgehead atoms. The summed E-state index contributed by atoms with van der Waals surface area (Å²) in [6.07, 6.45) is 1.43. The number of hydrogen-bond donors (Lipinski definition) is 2. The summed E-state index contributed by atoms with van der Waals surface area (Å²) < 4.78 is 5.52. The molecule has 0 saturated heterocycles. The van der Waals surface area contributed by atoms with E-state index in [1.165, 1.54) is 6.20 Å². The maximum absolute atomic E-state index is 12.3. The molecule has 3 aromatic rings. The number of rotatable bonds is 3. The number of aromatic nitrogens is 2. The number of anilines is 3. The van der Waals surface area contributed by atoms with Gasteiger partial charge in [-0.1, -0.05) is 11.6 Å². The number of nitrogens with two attached hydrogens (primary N) is 1. The van der Waals surface area contributed by atoms with E-state index in [2.05, 4.69) is 15.3 Å². The van der Waals surface area contributed by atoms with Crippen molar-refractivity contribution in [2.45, 2.75) is 0 Å². The molecule has 0 aliphatic rings. The Morgan fingerprint density at radius 3 is 2.74 bits per heavy atom. The molecule has 0 radical (unpaired) electrons. The van der Waals surface area contributed by atoms with Gasteiger partial charge in [0.1, 0.15) is 22.8 Å². The summed E-state index contributed by atoms with van der Waals surface area (Å²) in [6, 6.07) is 6.72. The first kappa shape index (κ1) is 15.1. The van der Waals surface area contributed by atoms with Crippen LogP contribution in [0.1, 0.15) is 10.6 Å². The Morgan fingerprint density at radius 2 is 2.09 bits per heavy atom. The molecule has 118 valence electrons. The summed E-state index contributed by atoms with van der Waals surface area (Å²) in [4.78, 5) is 22.5. The summed E-state index contributed by atoms with van der Waals surface area (Å²) in [5.41, 5.74) is 7.10. The van der Waals surface area contributed by atoms with Crippen molar-refractivity contribution in [3.8, 4) is 0 Å². The third-order valence-electron chi connectivity index (χ3n) is 3.19. The smallest absolute Gasteiger partial charge is 0.294 e. The number of fused-ring (bicyclic) bond motifs is 1. The van der Waals surface area contributed by atoms with Crippen LogP contribution in [0.15, 0.2) is 34.9 Å². The van der Waals surface area contributed by atoms with E-state index in [9.17, 15) is 4.79 Å². The van der Waals surface area contributed by atoms with Crippen molar-refractivity contribution >= 4 is 45.9 Å². The number of carbonyl (C=O) groups excluding carboxylic acids is 1. The van der Waals surface area contributed by atoms with Gasteiger partial charge in [0.05, 0.1) is 5.02 Å². The van der Waals surface area contributed by atoms with Gasteiger partial charge in [-0.05, 0) is 24.3 Å². The van der Waals surface area contributed by atoms with Crippen LogP contribution >= 0.6 is 11.6 Å². The SMILES string of the molecule is CN(C)c1ccc2oc(C(=O)Nc3ccc(Cl)cn3)c(N)c2n1. The molecule has 7 nitrogen and oxygen atoms in total. The second-order valence-corrected chi connectivity index (χ2v) is 5.51. The van der Waals surface area contributed by atoms with Crippen LogP contribution < -0.4 is 16.0 Å². The van der Waals surface area contributed by atoms with E-state index in [1.54, 1.807) is 24.3 Å². The molecule has 3 N–H and O–H groups in total. The van der Waals surface area contributed by atoms with E-state index in [0.29, 0.717) is 21.9 Å². The Hall–Kier alpha value is -2.80. The normalized spacial score (nSPS) is 10.7. The van der Waals surface area contributed by atoms with Gasteiger partial charge in [0.25, 0.3) is 5.91 Å². The summed E-state index contributed by atoms with van der Waals surface area (Å²) in [6.45, 7) is 0. The Labute approximate surface area is 137 Å². The maximum atomic E-state index is 12.3. The van der Waals surface area contributed by atoms with Gasteiger partial charge in [-0.15, -0.1) is 0 Å². The first-order valence-corrected chi connectivity index (χ1v) is 7.13. The fourth-order valence-corrected chi connectivity index (χ4v) is 2.14. The first-order valence-electron chi connectivity index (χ1n) is 6.75. The molecule has 8 heteroatoms. The second-order valence-electron chi connectivity index (χ2n) is 5.07. The van der Waals surface area contributed by atoms with E-state index in [0.717, 1.165) is 5.82 Å². The average molecular weight is 332 g/mol. The fraction of sp³-hybridized carbons (Fsp3) is 0.133. The lowest BCUT2D eigenvalue weighted by atomic mass is 10.3. The molecule has 0 aliphatic carbocycles. The molecule has 3 rings (SSSR count). The lowest BCUT2D eigenvalue weighted by Crippen LogP contribution is -2.13. The second kappa shape index (κ2) is 5.77. The maximum Gasteiger partial charge on any atom is 0.294 e. The highest BCUT2D eigenvalue weighted by Gasteiger charge is 2.20. The van der Waals surface area contributed by atoms with Crippen LogP contribution in [0.2, 0.25) is 5.02 Å². The molecule has 0 spiro atoms. The monoisotopic (exact) mass is 331 g/mol. The number of nitrogen functional groups attached to an aromatic ring is 1. The third-order valence-corrected chi connectivity index (χ3v) is 3.41. The Balaban J connectivity index is 1.94. The van der Waals surface area contributed by atoms with Gasteiger partial charge in [-0.3, -0.25) is 4.79 Å². The molecule has 1 amide bonds. The molecular formula is C15H14ClN5O2. The van der Waals surface area contributed by atoms with Crippen molar-refractivity contribution in [2.24, 2.45) is 0 Å². The van der Waals surface area contributed by atoms with Crippen LogP contribution in [-0.2, 0) is 0 Å². The predicted octanol–water partition coefficient (Wildman–Crippen LogP) is 2.78. The largest absolute Gasteiger partial charge is 0.447 e. The number of carbonyl (C=O) groups is 1. The van der Waals surface area contributed by atoms with Crippen LogP contribution in [0.25, 0.3) is 11.1 Å². The van der Waals surface area contributed by atoms with Gasteiger partial charge < -0.3 is 20.4 Å². The number of amides is 1. The highest BCUT2D eigenvalue weighted by atomic mass is 35.5. The Morgan fingerprint density at radius 1 is 1.30 bits per heavy atom. The molecule has 0 aliphatic heterocycles. The number of hydrogen-bond acceptors (Lipinski definition) is 6. The lowest BCUT2D eigenvalue weighted by molar-refractivity contribution is 0.0999. The quantitative estimate of drug-likeness (QED) is 0.766. The van der Waals surface area contributed by atoms with Gasteiger partial charge in [0.15, 0.2) is 5.58 Å². The first-order chi connectivity index (χ1) is 11.0. The molecule has 3 heterocycles. The van der Waals surface area contributed by atoms with Gasteiger partial charge in [-0.25, -0.2) is 9.97 Å². The van der Waals surface area contributed by atoms with Crippen molar-refractivity contribution in [1.82, 2.24) is 9.97 Å². The van der Waals surface area contributed by atoms with Crippen molar-refractivity contribution in [2.75, 3.05) is 30.0 Å². The average Bonchev–Trinajstić information content (AvgIpc) is 2.86. The summed E-state index contributed by atoms with van der Waals surface area (Å²) in [7, 11) is 3.73. The molecule has 23 heavy (non-hydrogen) atoms. The Kier molecular flexibility index (Phi) is 3.79. The highest BCUT2D eigenvalue weighted by molar-refractivity contribution is 6.30. The zero-order valence-corrected chi connectivity index (χ0v) is 13.3. The zero-order chi connectivity index (χ0) is 16.6. The molecule has 0 atom stereocenters. The number of nitrogens with zero attached hydrogens (tertiary/aromatic N) is 3. The van der Waals surface area contributed by atoms with Crippen molar-refractivity contribution in [3.05, 3.63) is 41.2 Å². The van der Waals surface area contributed by atoms with Gasteiger partial charge >= 0.3 is 0 Å². The lowest BCUT2D eigenvalue weighted by Gasteiger charge is -2.09. The predicted molar refractivity (Wildman–Crippen MR) is 89.9 cm³/mol. The minimum atomic E-state index is -0.498. The third kappa shape index (κ3) is 2.91. The summed E-state index contributed by atoms with van der Waals surface area (Å²) in [5, 5.41) is 3.08. The minimum absolute atomic E-state index is 0.000145. The van der Waals surface area contributed by atoms with Gasteiger partial charge in [-0.2, -0.15) is 0 Å². The number of halogens is 1. The summed E-state index contributed by atoms with van der Waals surface area (Å²) >= 11 is 5.76. The molecule has 0 aromatic carbocycles. The van der Waals surface area contributed by atoms with E-state index in [4.69, 9.17) is 21.8 Å². The van der Waals surface area contributed by atoms with Crippen LogP contribution in [-0.4, -0.2) is 30.0 Å².